The van der Waals surface area contributed by atoms with Crippen LogP contribution in [-0.4, -0.2) is 52.7 Å². The predicted octanol–water partition coefficient (Wildman–Crippen LogP) is 4.72. The molecule has 2 heterocycles. The van der Waals surface area contributed by atoms with E-state index < -0.39 is 0 Å². The third-order valence-corrected chi connectivity index (χ3v) is 7.07. The quantitative estimate of drug-likeness (QED) is 0.329. The molecule has 2 saturated heterocycles. The Hall–Kier alpha value is -1.86. The van der Waals surface area contributed by atoms with Crippen LogP contribution in [-0.2, 0) is 9.59 Å². The van der Waals surface area contributed by atoms with E-state index in [0.717, 1.165) is 62.4 Å². The van der Waals surface area contributed by atoms with Crippen molar-refractivity contribution < 1.29 is 14.3 Å². The van der Waals surface area contributed by atoms with Gasteiger partial charge in [-0.2, -0.15) is 0 Å². The zero-order chi connectivity index (χ0) is 21.5. The molecule has 0 aliphatic carbocycles. The van der Waals surface area contributed by atoms with Gasteiger partial charge in [-0.3, -0.25) is 14.5 Å². The molecule has 3 rings (SSSR count). The van der Waals surface area contributed by atoms with Crippen LogP contribution in [0.2, 0.25) is 0 Å². The Morgan fingerprint density at radius 1 is 1.20 bits per heavy atom. The first-order chi connectivity index (χ1) is 14.5. The van der Waals surface area contributed by atoms with Crippen molar-refractivity contribution in [2.75, 3.05) is 26.7 Å². The fourth-order valence-corrected chi connectivity index (χ4v) is 4.99. The van der Waals surface area contributed by atoms with Crippen LogP contribution in [0.25, 0.3) is 6.08 Å². The van der Waals surface area contributed by atoms with Crippen molar-refractivity contribution in [2.45, 2.75) is 45.4 Å². The fraction of sp³-hybridized carbons (Fsp3) is 0.522. The van der Waals surface area contributed by atoms with E-state index in [1.54, 1.807) is 12.0 Å². The molecule has 2 aliphatic heterocycles. The molecule has 7 heteroatoms. The smallest absolute Gasteiger partial charge is 0.266 e. The van der Waals surface area contributed by atoms with Gasteiger partial charge in [0.2, 0.25) is 5.91 Å². The molecule has 0 radical (unpaired) electrons. The second-order valence-corrected chi connectivity index (χ2v) is 9.66. The summed E-state index contributed by atoms with van der Waals surface area (Å²) in [5.41, 5.74) is 0.946. The third-order valence-electron chi connectivity index (χ3n) is 5.70. The minimum absolute atomic E-state index is 0.0284. The lowest BCUT2D eigenvalue weighted by atomic mass is 9.99. The summed E-state index contributed by atoms with van der Waals surface area (Å²) < 4.78 is 5.78. The standard InChI is InChI=1S/C23H30N2O3S2/c1-17-11-14-24(15-12-17)21(26)6-4-3-5-13-25-22(27)20(30-23(25)29)16-18-7-9-19(28-2)10-8-18/h7-10,16-17H,3-6,11-15H2,1-2H3/b20-16-. The Balaban J connectivity index is 1.41. The Bertz CT molecular complexity index is 799. The van der Waals surface area contributed by atoms with E-state index in [1.165, 1.54) is 11.8 Å². The highest BCUT2D eigenvalue weighted by Crippen LogP contribution is 2.33. The first kappa shape index (κ1) is 22.8. The largest absolute Gasteiger partial charge is 0.497 e. The van der Waals surface area contributed by atoms with Crippen LogP contribution in [0.3, 0.4) is 0 Å². The highest BCUT2D eigenvalue weighted by molar-refractivity contribution is 8.26. The minimum Gasteiger partial charge on any atom is -0.497 e. The lowest BCUT2D eigenvalue weighted by Gasteiger charge is -2.30. The molecule has 0 saturated carbocycles. The van der Waals surface area contributed by atoms with Gasteiger partial charge in [-0.05, 0) is 55.4 Å². The van der Waals surface area contributed by atoms with Crippen LogP contribution < -0.4 is 4.74 Å². The molecule has 2 fully saturated rings. The summed E-state index contributed by atoms with van der Waals surface area (Å²) in [6, 6.07) is 7.59. The van der Waals surface area contributed by atoms with Gasteiger partial charge >= 0.3 is 0 Å². The average molecular weight is 447 g/mol. The van der Waals surface area contributed by atoms with Crippen molar-refractivity contribution in [2.24, 2.45) is 5.92 Å². The Kier molecular flexibility index (Phi) is 8.33. The number of rotatable bonds is 8. The summed E-state index contributed by atoms with van der Waals surface area (Å²) >= 11 is 6.76. The molecule has 0 unspecified atom stereocenters. The van der Waals surface area contributed by atoms with Crippen LogP contribution in [0, 0.1) is 5.92 Å². The summed E-state index contributed by atoms with van der Waals surface area (Å²) in [7, 11) is 1.63. The fourth-order valence-electron chi connectivity index (χ4n) is 3.68. The molecule has 0 aromatic heterocycles. The van der Waals surface area contributed by atoms with E-state index in [9.17, 15) is 9.59 Å². The van der Waals surface area contributed by atoms with Crippen molar-refractivity contribution >= 4 is 46.2 Å². The number of hydrogen-bond acceptors (Lipinski definition) is 5. The number of ether oxygens (including phenoxy) is 1. The van der Waals surface area contributed by atoms with E-state index >= 15 is 0 Å². The maximum absolute atomic E-state index is 12.7. The molecule has 2 amide bonds. The second-order valence-electron chi connectivity index (χ2n) is 7.98. The van der Waals surface area contributed by atoms with E-state index in [0.29, 0.717) is 22.2 Å². The number of piperidine rings is 1. The zero-order valence-corrected chi connectivity index (χ0v) is 19.4. The van der Waals surface area contributed by atoms with Crippen molar-refractivity contribution in [3.05, 3.63) is 34.7 Å². The lowest BCUT2D eigenvalue weighted by molar-refractivity contribution is -0.132. The number of nitrogens with zero attached hydrogens (tertiary/aromatic N) is 2. The van der Waals surface area contributed by atoms with E-state index in [2.05, 4.69) is 6.92 Å². The number of carbonyl (C=O) groups is 2. The first-order valence-corrected chi connectivity index (χ1v) is 11.9. The highest BCUT2D eigenvalue weighted by Gasteiger charge is 2.31. The number of thiocarbonyl (C=S) groups is 1. The number of carbonyl (C=O) groups excluding carboxylic acids is 2. The summed E-state index contributed by atoms with van der Waals surface area (Å²) in [5, 5.41) is 0. The molecule has 1 aromatic rings. The predicted molar refractivity (Wildman–Crippen MR) is 126 cm³/mol. The second kappa shape index (κ2) is 11.0. The van der Waals surface area contributed by atoms with Gasteiger partial charge < -0.3 is 9.64 Å². The normalized spacial score (nSPS) is 19.1. The third kappa shape index (κ3) is 6.08. The summed E-state index contributed by atoms with van der Waals surface area (Å²) in [6.45, 7) is 4.66. The molecule has 0 N–H and O–H groups in total. The molecule has 5 nitrogen and oxygen atoms in total. The van der Waals surface area contributed by atoms with Crippen molar-refractivity contribution in [3.8, 4) is 5.75 Å². The van der Waals surface area contributed by atoms with Crippen molar-refractivity contribution in [3.63, 3.8) is 0 Å². The number of benzene rings is 1. The monoisotopic (exact) mass is 446 g/mol. The van der Waals surface area contributed by atoms with Crippen LogP contribution >= 0.6 is 24.0 Å². The van der Waals surface area contributed by atoms with Crippen LogP contribution in [0.4, 0.5) is 0 Å². The summed E-state index contributed by atoms with van der Waals surface area (Å²) in [6.07, 6.45) is 7.34. The van der Waals surface area contributed by atoms with E-state index in [4.69, 9.17) is 17.0 Å². The van der Waals surface area contributed by atoms with Crippen LogP contribution in [0.15, 0.2) is 29.2 Å². The molecule has 30 heavy (non-hydrogen) atoms. The van der Waals surface area contributed by atoms with Gasteiger partial charge in [-0.1, -0.05) is 49.5 Å². The minimum atomic E-state index is -0.0284. The molecule has 2 aliphatic rings. The molecule has 0 atom stereocenters. The number of likely N-dealkylation sites (tertiary alicyclic amines) is 1. The van der Waals surface area contributed by atoms with Crippen LogP contribution in [0.1, 0.15) is 51.0 Å². The average Bonchev–Trinajstić information content (AvgIpc) is 3.01. The molecule has 1 aromatic carbocycles. The van der Waals surface area contributed by atoms with Gasteiger partial charge in [0.25, 0.3) is 5.91 Å². The van der Waals surface area contributed by atoms with Gasteiger partial charge in [-0.25, -0.2) is 0 Å². The SMILES string of the molecule is COc1ccc(/C=C2\SC(=S)N(CCCCCC(=O)N3CCC(C)CC3)C2=O)cc1. The lowest BCUT2D eigenvalue weighted by Crippen LogP contribution is -2.37. The number of hydrogen-bond donors (Lipinski definition) is 0. The van der Waals surface area contributed by atoms with Gasteiger partial charge in [-0.15, -0.1) is 0 Å². The Labute approximate surface area is 188 Å². The van der Waals surface area contributed by atoms with E-state index in [-0.39, 0.29) is 11.8 Å². The van der Waals surface area contributed by atoms with Gasteiger partial charge in [0.15, 0.2) is 0 Å². The maximum atomic E-state index is 12.7. The molecule has 0 bridgehead atoms. The topological polar surface area (TPSA) is 49.9 Å². The van der Waals surface area contributed by atoms with Crippen molar-refractivity contribution in [1.82, 2.24) is 9.80 Å². The molecular weight excluding hydrogens is 416 g/mol. The van der Waals surface area contributed by atoms with Crippen LogP contribution in [0.5, 0.6) is 5.75 Å². The number of unbranched alkanes of at least 4 members (excludes halogenated alkanes) is 2. The maximum Gasteiger partial charge on any atom is 0.266 e. The van der Waals surface area contributed by atoms with Gasteiger partial charge in [0.1, 0.15) is 10.1 Å². The molecular formula is C23H30N2O3S2. The number of amides is 2. The Morgan fingerprint density at radius 3 is 2.57 bits per heavy atom. The summed E-state index contributed by atoms with van der Waals surface area (Å²) in [4.78, 5) is 29.4. The Morgan fingerprint density at radius 2 is 1.90 bits per heavy atom. The molecule has 162 valence electrons. The highest BCUT2D eigenvalue weighted by atomic mass is 32.2. The van der Waals surface area contributed by atoms with Crippen molar-refractivity contribution in [1.29, 1.82) is 0 Å². The van der Waals surface area contributed by atoms with Gasteiger partial charge in [0, 0.05) is 26.1 Å². The molecule has 0 spiro atoms. The first-order valence-electron chi connectivity index (χ1n) is 10.6. The zero-order valence-electron chi connectivity index (χ0n) is 17.8. The number of thioether (sulfide) groups is 1. The van der Waals surface area contributed by atoms with Gasteiger partial charge in [0.05, 0.1) is 12.0 Å². The van der Waals surface area contributed by atoms with E-state index in [1.807, 2.05) is 35.2 Å². The number of methoxy groups -OCH3 is 1. The summed E-state index contributed by atoms with van der Waals surface area (Å²) in [5.74, 6) is 1.76.